The van der Waals surface area contributed by atoms with E-state index in [4.69, 9.17) is 0 Å². The summed E-state index contributed by atoms with van der Waals surface area (Å²) in [5.41, 5.74) is 3.64. The molecule has 1 aliphatic heterocycles. The number of nitrogens with zero attached hydrogens (tertiary/aromatic N) is 4. The van der Waals surface area contributed by atoms with Gasteiger partial charge in [-0.05, 0) is 43.2 Å². The van der Waals surface area contributed by atoms with Gasteiger partial charge in [-0.15, -0.1) is 0 Å². The minimum Gasteiger partial charge on any atom is -0.332 e. The smallest absolute Gasteiger partial charge is 0.274 e. The molecule has 1 amide bonds. The summed E-state index contributed by atoms with van der Waals surface area (Å²) in [6.45, 7) is 8.43. The van der Waals surface area contributed by atoms with Gasteiger partial charge in [-0.3, -0.25) is 4.79 Å². The number of nitrogens with one attached hydrogen (secondary N) is 1. The summed E-state index contributed by atoms with van der Waals surface area (Å²) in [6.07, 6.45) is 1.70. The molecule has 3 heterocycles. The number of hydrogen-bond acceptors (Lipinski definition) is 4. The molecule has 6 nitrogen and oxygen atoms in total. The second kappa shape index (κ2) is 7.31. The highest BCUT2D eigenvalue weighted by atomic mass is 19.1. The minimum atomic E-state index is -0.283. The van der Waals surface area contributed by atoms with E-state index >= 15 is 0 Å². The fourth-order valence-electron chi connectivity index (χ4n) is 3.58. The highest BCUT2D eigenvalue weighted by Crippen LogP contribution is 2.26. The summed E-state index contributed by atoms with van der Waals surface area (Å²) < 4.78 is 15.0. The predicted octanol–water partition coefficient (Wildman–Crippen LogP) is 3.09. The topological polar surface area (TPSA) is 62.5 Å². The predicted molar refractivity (Wildman–Crippen MR) is 106 cm³/mol. The molecule has 146 valence electrons. The van der Waals surface area contributed by atoms with Crippen LogP contribution in [-0.2, 0) is 0 Å². The van der Waals surface area contributed by atoms with Gasteiger partial charge in [-0.2, -0.15) is 5.10 Å². The van der Waals surface area contributed by atoms with Gasteiger partial charge in [0.05, 0.1) is 11.9 Å². The SMILES string of the molecule is CC(C)c1cc(-c2ccc(F)cc2)nn2cc(C(=O)N3CCNCC3C)nc12. The first-order valence-electron chi connectivity index (χ1n) is 9.62. The van der Waals surface area contributed by atoms with Gasteiger partial charge >= 0.3 is 0 Å². The monoisotopic (exact) mass is 381 g/mol. The summed E-state index contributed by atoms with van der Waals surface area (Å²) >= 11 is 0. The third kappa shape index (κ3) is 3.38. The summed E-state index contributed by atoms with van der Waals surface area (Å²) in [7, 11) is 0. The number of benzene rings is 1. The molecule has 0 bridgehead atoms. The maximum Gasteiger partial charge on any atom is 0.274 e. The van der Waals surface area contributed by atoms with Crippen LogP contribution >= 0.6 is 0 Å². The van der Waals surface area contributed by atoms with E-state index in [1.165, 1.54) is 12.1 Å². The number of carbonyl (C=O) groups is 1. The fourth-order valence-corrected chi connectivity index (χ4v) is 3.58. The van der Waals surface area contributed by atoms with E-state index in [2.05, 4.69) is 29.2 Å². The normalized spacial score (nSPS) is 17.5. The van der Waals surface area contributed by atoms with Crippen LogP contribution in [0, 0.1) is 5.82 Å². The summed E-state index contributed by atoms with van der Waals surface area (Å²) in [4.78, 5) is 19.5. The van der Waals surface area contributed by atoms with E-state index < -0.39 is 0 Å². The van der Waals surface area contributed by atoms with Crippen molar-refractivity contribution >= 4 is 11.6 Å². The van der Waals surface area contributed by atoms with Gasteiger partial charge in [-0.25, -0.2) is 13.9 Å². The number of fused-ring (bicyclic) bond motifs is 1. The Morgan fingerprint density at radius 1 is 1.29 bits per heavy atom. The molecular formula is C21H24FN5O. The number of rotatable bonds is 3. The van der Waals surface area contributed by atoms with Crippen molar-refractivity contribution in [1.82, 2.24) is 24.8 Å². The molecule has 3 aromatic rings. The molecule has 1 atom stereocenters. The zero-order valence-electron chi connectivity index (χ0n) is 16.3. The van der Waals surface area contributed by atoms with Crippen LogP contribution < -0.4 is 5.32 Å². The zero-order valence-corrected chi connectivity index (χ0v) is 16.3. The van der Waals surface area contributed by atoms with E-state index in [1.807, 2.05) is 17.9 Å². The fraction of sp³-hybridized carbons (Fsp3) is 0.381. The van der Waals surface area contributed by atoms with Gasteiger partial charge in [0.25, 0.3) is 5.91 Å². The molecular weight excluding hydrogens is 357 g/mol. The van der Waals surface area contributed by atoms with E-state index in [9.17, 15) is 9.18 Å². The first-order valence-corrected chi connectivity index (χ1v) is 9.62. The molecule has 0 aliphatic carbocycles. The maximum absolute atomic E-state index is 13.3. The molecule has 1 unspecified atom stereocenters. The molecule has 7 heteroatoms. The summed E-state index contributed by atoms with van der Waals surface area (Å²) in [6, 6.07) is 8.36. The van der Waals surface area contributed by atoms with Crippen molar-refractivity contribution in [3.05, 3.63) is 53.6 Å². The Bertz CT molecular complexity index is 1010. The van der Waals surface area contributed by atoms with Crippen molar-refractivity contribution in [3.8, 4) is 11.3 Å². The van der Waals surface area contributed by atoms with E-state index in [1.54, 1.807) is 22.8 Å². The molecule has 1 fully saturated rings. The van der Waals surface area contributed by atoms with Gasteiger partial charge in [-0.1, -0.05) is 13.8 Å². The van der Waals surface area contributed by atoms with E-state index in [0.717, 1.165) is 29.9 Å². The lowest BCUT2D eigenvalue weighted by atomic mass is 10.0. The highest BCUT2D eigenvalue weighted by Gasteiger charge is 2.26. The molecule has 1 N–H and O–H groups in total. The van der Waals surface area contributed by atoms with Gasteiger partial charge in [0.1, 0.15) is 11.5 Å². The summed E-state index contributed by atoms with van der Waals surface area (Å²) in [5, 5.41) is 7.93. The molecule has 2 aromatic heterocycles. The molecule has 0 spiro atoms. The van der Waals surface area contributed by atoms with Crippen molar-refractivity contribution in [1.29, 1.82) is 0 Å². The lowest BCUT2D eigenvalue weighted by Gasteiger charge is -2.33. The van der Waals surface area contributed by atoms with Gasteiger partial charge in [0, 0.05) is 36.8 Å². The summed E-state index contributed by atoms with van der Waals surface area (Å²) in [5.74, 6) is -0.153. The Kier molecular flexibility index (Phi) is 4.85. The Morgan fingerprint density at radius 3 is 2.71 bits per heavy atom. The lowest BCUT2D eigenvalue weighted by Crippen LogP contribution is -2.52. The molecule has 1 saturated heterocycles. The average Bonchev–Trinajstić information content (AvgIpc) is 3.11. The van der Waals surface area contributed by atoms with E-state index in [-0.39, 0.29) is 23.7 Å². The van der Waals surface area contributed by atoms with Crippen LogP contribution in [0.2, 0.25) is 0 Å². The van der Waals surface area contributed by atoms with Crippen LogP contribution in [-0.4, -0.2) is 51.1 Å². The minimum absolute atomic E-state index is 0.0717. The molecule has 1 aliphatic rings. The number of amides is 1. The number of imidazole rings is 1. The van der Waals surface area contributed by atoms with Crippen LogP contribution in [0.1, 0.15) is 42.7 Å². The number of halogens is 1. The first kappa shape index (κ1) is 18.6. The third-order valence-corrected chi connectivity index (χ3v) is 5.20. The van der Waals surface area contributed by atoms with Crippen LogP contribution in [0.4, 0.5) is 4.39 Å². The molecule has 4 rings (SSSR count). The van der Waals surface area contributed by atoms with Crippen molar-refractivity contribution < 1.29 is 9.18 Å². The van der Waals surface area contributed by atoms with Crippen molar-refractivity contribution in [2.24, 2.45) is 0 Å². The molecule has 1 aromatic carbocycles. The van der Waals surface area contributed by atoms with Crippen LogP contribution in [0.3, 0.4) is 0 Å². The number of carbonyl (C=O) groups excluding carboxylic acids is 1. The highest BCUT2D eigenvalue weighted by molar-refractivity contribution is 5.93. The van der Waals surface area contributed by atoms with Crippen LogP contribution in [0.5, 0.6) is 0 Å². The largest absolute Gasteiger partial charge is 0.332 e. The first-order chi connectivity index (χ1) is 13.4. The van der Waals surface area contributed by atoms with Gasteiger partial charge in [0.2, 0.25) is 0 Å². The van der Waals surface area contributed by atoms with Gasteiger partial charge in [0.15, 0.2) is 5.65 Å². The van der Waals surface area contributed by atoms with Crippen LogP contribution in [0.25, 0.3) is 16.9 Å². The third-order valence-electron chi connectivity index (χ3n) is 5.20. The second-order valence-corrected chi connectivity index (χ2v) is 7.59. The van der Waals surface area contributed by atoms with Gasteiger partial charge < -0.3 is 10.2 Å². The number of hydrogen-bond donors (Lipinski definition) is 1. The average molecular weight is 381 g/mol. The lowest BCUT2D eigenvalue weighted by molar-refractivity contribution is 0.0650. The van der Waals surface area contributed by atoms with Crippen molar-refractivity contribution in [2.75, 3.05) is 19.6 Å². The standard InChI is InChI=1S/C21H24FN5O/c1-13(2)17-10-18(15-4-6-16(22)7-5-15)25-27-12-19(24-20(17)27)21(28)26-9-8-23-11-14(26)3/h4-7,10,12-14,23H,8-9,11H2,1-3H3. The Balaban J connectivity index is 1.78. The maximum atomic E-state index is 13.3. The van der Waals surface area contributed by atoms with Crippen LogP contribution in [0.15, 0.2) is 36.5 Å². The van der Waals surface area contributed by atoms with Crippen molar-refractivity contribution in [3.63, 3.8) is 0 Å². The van der Waals surface area contributed by atoms with E-state index in [0.29, 0.717) is 17.9 Å². The van der Waals surface area contributed by atoms with Crippen molar-refractivity contribution in [2.45, 2.75) is 32.7 Å². The zero-order chi connectivity index (χ0) is 19.8. The molecule has 0 radical (unpaired) electrons. The Morgan fingerprint density at radius 2 is 2.04 bits per heavy atom. The second-order valence-electron chi connectivity index (χ2n) is 7.59. The molecule has 28 heavy (non-hydrogen) atoms. The Labute approximate surface area is 163 Å². The molecule has 0 saturated carbocycles. The number of aromatic nitrogens is 3. The quantitative estimate of drug-likeness (QED) is 0.757. The Hall–Kier alpha value is -2.80. The number of piperazine rings is 1.